The number of H-pyrrole nitrogens is 1. The maximum atomic E-state index is 13.2. The fourth-order valence-electron chi connectivity index (χ4n) is 3.46. The summed E-state index contributed by atoms with van der Waals surface area (Å²) in [6, 6.07) is -3.85. The lowest BCUT2D eigenvalue weighted by Crippen LogP contribution is -2.58. The van der Waals surface area contributed by atoms with Crippen LogP contribution in [0.15, 0.2) is 12.5 Å². The summed E-state index contributed by atoms with van der Waals surface area (Å²) in [7, 11) is 0. The number of rotatable bonds is 18. The quantitative estimate of drug-likeness (QED) is 0.125. The highest BCUT2D eigenvalue weighted by atomic mass is 32.2. The zero-order valence-electron chi connectivity index (χ0n) is 21.3. The Hall–Kier alpha value is -2.64. The van der Waals surface area contributed by atoms with Crippen LogP contribution < -0.4 is 27.4 Å². The lowest BCUT2D eigenvalue weighted by atomic mass is 9.97. The van der Waals surface area contributed by atoms with E-state index in [1.165, 1.54) is 24.3 Å². The zero-order chi connectivity index (χ0) is 27.1. The maximum Gasteiger partial charge on any atom is 0.326 e. The van der Waals surface area contributed by atoms with E-state index in [0.717, 1.165) is 6.42 Å². The number of amides is 3. The molecule has 1 heterocycles. The number of hydrogen-bond acceptors (Lipinski definition) is 8. The smallest absolute Gasteiger partial charge is 0.326 e. The molecule has 1 aromatic heterocycles. The molecule has 0 bridgehead atoms. The molecule has 0 aliphatic carbocycles. The van der Waals surface area contributed by atoms with Crippen LogP contribution in [0.2, 0.25) is 0 Å². The van der Waals surface area contributed by atoms with E-state index in [2.05, 4.69) is 25.9 Å². The van der Waals surface area contributed by atoms with Crippen LogP contribution in [-0.2, 0) is 25.6 Å². The fraction of sp³-hybridized carbons (Fsp3) is 0.696. The van der Waals surface area contributed by atoms with Gasteiger partial charge < -0.3 is 37.5 Å². The summed E-state index contributed by atoms with van der Waals surface area (Å²) in [6.07, 6.45) is 7.57. The summed E-state index contributed by atoms with van der Waals surface area (Å²) in [5, 5.41) is 17.5. The monoisotopic (exact) mass is 527 g/mol. The Morgan fingerprint density at radius 2 is 1.78 bits per heavy atom. The summed E-state index contributed by atoms with van der Waals surface area (Å²) >= 11 is 1.49. The Morgan fingerprint density at radius 3 is 2.33 bits per heavy atom. The SMILES string of the molecule is CCC(C)C(NC(=O)C(N)CCCCN)C(=O)NC(CCSC)C(=O)NC(Cc1cnc[nH]1)C(=O)O. The van der Waals surface area contributed by atoms with Crippen LogP contribution >= 0.6 is 11.8 Å². The lowest BCUT2D eigenvalue weighted by Gasteiger charge is -2.28. The van der Waals surface area contributed by atoms with Crippen molar-refractivity contribution >= 4 is 35.5 Å². The van der Waals surface area contributed by atoms with Gasteiger partial charge >= 0.3 is 5.97 Å². The number of nitrogens with zero attached hydrogens (tertiary/aromatic N) is 1. The Morgan fingerprint density at radius 1 is 1.08 bits per heavy atom. The number of carbonyl (C=O) groups excluding carboxylic acids is 3. The number of aliphatic carboxylic acids is 1. The average molecular weight is 528 g/mol. The van der Waals surface area contributed by atoms with Crippen molar-refractivity contribution in [3.63, 3.8) is 0 Å². The molecule has 12 nitrogen and oxygen atoms in total. The molecule has 0 aromatic carbocycles. The Labute approximate surface area is 216 Å². The highest BCUT2D eigenvalue weighted by molar-refractivity contribution is 7.98. The first-order chi connectivity index (χ1) is 17.1. The zero-order valence-corrected chi connectivity index (χ0v) is 22.1. The highest BCUT2D eigenvalue weighted by Gasteiger charge is 2.32. The van der Waals surface area contributed by atoms with Crippen LogP contribution in [0.1, 0.15) is 51.6 Å². The van der Waals surface area contributed by atoms with E-state index in [1.807, 2.05) is 20.1 Å². The van der Waals surface area contributed by atoms with E-state index >= 15 is 0 Å². The molecule has 13 heteroatoms. The van der Waals surface area contributed by atoms with Crippen molar-refractivity contribution in [3.8, 4) is 0 Å². The van der Waals surface area contributed by atoms with Crippen LogP contribution in [0, 0.1) is 5.92 Å². The summed E-state index contributed by atoms with van der Waals surface area (Å²) < 4.78 is 0. The van der Waals surface area contributed by atoms with Crippen LogP contribution in [-0.4, -0.2) is 81.5 Å². The third-order valence-electron chi connectivity index (χ3n) is 5.94. The van der Waals surface area contributed by atoms with Gasteiger partial charge in [0, 0.05) is 18.3 Å². The van der Waals surface area contributed by atoms with Gasteiger partial charge in [0.25, 0.3) is 0 Å². The molecule has 9 N–H and O–H groups in total. The second-order valence-corrected chi connectivity index (χ2v) is 9.77. The molecule has 5 atom stereocenters. The van der Waals surface area contributed by atoms with E-state index in [4.69, 9.17) is 11.5 Å². The molecule has 0 saturated heterocycles. The highest BCUT2D eigenvalue weighted by Crippen LogP contribution is 2.11. The van der Waals surface area contributed by atoms with Gasteiger partial charge in [-0.25, -0.2) is 9.78 Å². The molecular weight excluding hydrogens is 486 g/mol. The van der Waals surface area contributed by atoms with Crippen LogP contribution in [0.25, 0.3) is 0 Å². The first kappa shape index (κ1) is 31.4. The van der Waals surface area contributed by atoms with E-state index in [0.29, 0.717) is 37.3 Å². The molecule has 0 spiro atoms. The lowest BCUT2D eigenvalue weighted by molar-refractivity contribution is -0.142. The minimum Gasteiger partial charge on any atom is -0.480 e. The fourth-order valence-corrected chi connectivity index (χ4v) is 3.93. The van der Waals surface area contributed by atoms with Crippen molar-refractivity contribution in [2.75, 3.05) is 18.6 Å². The van der Waals surface area contributed by atoms with E-state index in [-0.39, 0.29) is 18.8 Å². The molecule has 1 aromatic rings. The number of carboxylic acids is 1. The van der Waals surface area contributed by atoms with Crippen molar-refractivity contribution in [1.82, 2.24) is 25.9 Å². The largest absolute Gasteiger partial charge is 0.480 e. The molecule has 0 fully saturated rings. The van der Waals surface area contributed by atoms with Crippen molar-refractivity contribution in [2.45, 2.75) is 76.5 Å². The molecular formula is C23H41N7O5S. The van der Waals surface area contributed by atoms with Gasteiger partial charge in [-0.05, 0) is 43.7 Å². The topological polar surface area (TPSA) is 205 Å². The average Bonchev–Trinajstić information content (AvgIpc) is 3.36. The maximum absolute atomic E-state index is 13.2. The number of aromatic amines is 1. The molecule has 0 aliphatic rings. The standard InChI is InChI=1S/C23H41N7O5S/c1-4-14(2)19(30-20(31)16(25)7-5-6-9-24)22(33)28-17(8-10-36-3)21(32)29-18(23(34)35)11-15-12-26-13-27-15/h12-14,16-19H,4-11,24-25H2,1-3H3,(H,26,27)(H,28,33)(H,29,32)(H,30,31)(H,34,35). The number of carboxylic acid groups (broad SMARTS) is 1. The molecule has 204 valence electrons. The van der Waals surface area contributed by atoms with Crippen LogP contribution in [0.4, 0.5) is 0 Å². The number of carbonyl (C=O) groups is 4. The number of imidazole rings is 1. The van der Waals surface area contributed by atoms with Crippen LogP contribution in [0.5, 0.6) is 0 Å². The van der Waals surface area contributed by atoms with Gasteiger partial charge in [-0.3, -0.25) is 14.4 Å². The normalized spacial score (nSPS) is 15.2. The van der Waals surface area contributed by atoms with Gasteiger partial charge in [-0.15, -0.1) is 0 Å². The molecule has 0 aliphatic heterocycles. The third kappa shape index (κ3) is 11.0. The number of thioether (sulfide) groups is 1. The molecule has 0 radical (unpaired) electrons. The molecule has 1 rings (SSSR count). The molecule has 36 heavy (non-hydrogen) atoms. The number of aromatic nitrogens is 2. The van der Waals surface area contributed by atoms with Gasteiger partial charge in [-0.2, -0.15) is 11.8 Å². The first-order valence-electron chi connectivity index (χ1n) is 12.2. The summed E-state index contributed by atoms with van der Waals surface area (Å²) in [6.45, 7) is 4.23. The van der Waals surface area contributed by atoms with E-state index in [9.17, 15) is 24.3 Å². The minimum absolute atomic E-state index is 0.0118. The minimum atomic E-state index is -1.21. The molecule has 5 unspecified atom stereocenters. The first-order valence-corrected chi connectivity index (χ1v) is 13.6. The predicted molar refractivity (Wildman–Crippen MR) is 139 cm³/mol. The Balaban J connectivity index is 2.93. The van der Waals surface area contributed by atoms with Crippen LogP contribution in [0.3, 0.4) is 0 Å². The second-order valence-electron chi connectivity index (χ2n) is 8.79. The molecule has 0 saturated carbocycles. The number of nitrogens with one attached hydrogen (secondary N) is 4. The Kier molecular flexibility index (Phi) is 14.8. The van der Waals surface area contributed by atoms with E-state index in [1.54, 1.807) is 0 Å². The Bertz CT molecular complexity index is 824. The summed E-state index contributed by atoms with van der Waals surface area (Å²) in [5.41, 5.74) is 12.0. The van der Waals surface area contributed by atoms with Gasteiger partial charge in [0.2, 0.25) is 17.7 Å². The van der Waals surface area contributed by atoms with Crippen molar-refractivity contribution in [1.29, 1.82) is 0 Å². The second kappa shape index (κ2) is 16.9. The van der Waals surface area contributed by atoms with Gasteiger partial charge in [-0.1, -0.05) is 26.7 Å². The third-order valence-corrected chi connectivity index (χ3v) is 6.58. The van der Waals surface area contributed by atoms with Gasteiger partial charge in [0.1, 0.15) is 18.1 Å². The van der Waals surface area contributed by atoms with Gasteiger partial charge in [0.15, 0.2) is 0 Å². The summed E-state index contributed by atoms with van der Waals surface area (Å²) in [4.78, 5) is 57.3. The van der Waals surface area contributed by atoms with Crippen molar-refractivity contribution < 1.29 is 24.3 Å². The summed E-state index contributed by atoms with van der Waals surface area (Å²) in [5.74, 6) is -2.44. The number of nitrogens with two attached hydrogens (primary N) is 2. The number of hydrogen-bond donors (Lipinski definition) is 7. The number of unbranched alkanes of at least 4 members (excludes halogenated alkanes) is 1. The molecule has 3 amide bonds. The van der Waals surface area contributed by atoms with Crippen molar-refractivity contribution in [3.05, 3.63) is 18.2 Å². The van der Waals surface area contributed by atoms with Gasteiger partial charge in [0.05, 0.1) is 12.4 Å². The predicted octanol–water partition coefficient (Wildman–Crippen LogP) is -0.253. The van der Waals surface area contributed by atoms with E-state index < -0.39 is 47.9 Å². The van der Waals surface area contributed by atoms with Crippen molar-refractivity contribution in [2.24, 2.45) is 17.4 Å².